The van der Waals surface area contributed by atoms with Gasteiger partial charge in [-0.3, -0.25) is 9.69 Å². The standard InChI is InChI=1S/C23H30N2O3S/c1-19-10-12-22(13-11-19)29(27,28)16-14-23(26)24-17-21-9-5-6-15-25(21)18-20-7-3-2-4-8-20/h2-4,7-8,10-13,21H,5-6,9,14-18H2,1H3,(H,24,26). The molecule has 0 radical (unpaired) electrons. The molecule has 0 aromatic heterocycles. The van der Waals surface area contributed by atoms with E-state index in [2.05, 4.69) is 22.3 Å². The van der Waals surface area contributed by atoms with Gasteiger partial charge in [0.05, 0.1) is 10.6 Å². The minimum atomic E-state index is -3.44. The zero-order valence-corrected chi connectivity index (χ0v) is 17.8. The van der Waals surface area contributed by atoms with E-state index >= 15 is 0 Å². The number of piperidine rings is 1. The summed E-state index contributed by atoms with van der Waals surface area (Å²) in [4.78, 5) is 15.0. The number of hydrogen-bond donors (Lipinski definition) is 1. The molecule has 1 amide bonds. The Morgan fingerprint density at radius 1 is 1.07 bits per heavy atom. The largest absolute Gasteiger partial charge is 0.355 e. The predicted molar refractivity (Wildman–Crippen MR) is 115 cm³/mol. The number of nitrogens with one attached hydrogen (secondary N) is 1. The van der Waals surface area contributed by atoms with Gasteiger partial charge in [-0.15, -0.1) is 0 Å². The Bertz CT molecular complexity index is 895. The average Bonchev–Trinajstić information content (AvgIpc) is 2.73. The topological polar surface area (TPSA) is 66.5 Å². The van der Waals surface area contributed by atoms with Crippen LogP contribution in [0.1, 0.15) is 36.8 Å². The summed E-state index contributed by atoms with van der Waals surface area (Å²) in [5.74, 6) is -0.369. The van der Waals surface area contributed by atoms with Crippen molar-refractivity contribution >= 4 is 15.7 Å². The van der Waals surface area contributed by atoms with Crippen molar-refractivity contribution in [1.29, 1.82) is 0 Å². The number of nitrogens with zero attached hydrogens (tertiary/aromatic N) is 1. The number of aryl methyl sites for hydroxylation is 1. The normalized spacial score (nSPS) is 17.8. The number of carbonyl (C=O) groups excluding carboxylic acids is 1. The Morgan fingerprint density at radius 2 is 1.79 bits per heavy atom. The van der Waals surface area contributed by atoms with Crippen molar-refractivity contribution in [3.05, 3.63) is 65.7 Å². The first kappa shape index (κ1) is 21.5. The van der Waals surface area contributed by atoms with E-state index in [1.165, 1.54) is 12.0 Å². The smallest absolute Gasteiger partial charge is 0.221 e. The van der Waals surface area contributed by atoms with Gasteiger partial charge in [0, 0.05) is 25.6 Å². The maximum absolute atomic E-state index is 12.4. The SMILES string of the molecule is Cc1ccc(S(=O)(=O)CCC(=O)NCC2CCCCN2Cc2ccccc2)cc1. The maximum atomic E-state index is 12.4. The molecule has 0 spiro atoms. The Labute approximate surface area is 174 Å². The highest BCUT2D eigenvalue weighted by atomic mass is 32.2. The quantitative estimate of drug-likeness (QED) is 0.720. The Hall–Kier alpha value is -2.18. The van der Waals surface area contributed by atoms with Crippen LogP contribution in [-0.4, -0.2) is 44.1 Å². The summed E-state index contributed by atoms with van der Waals surface area (Å²) < 4.78 is 24.8. The predicted octanol–water partition coefficient (Wildman–Crippen LogP) is 3.33. The van der Waals surface area contributed by atoms with E-state index in [9.17, 15) is 13.2 Å². The average molecular weight is 415 g/mol. The summed E-state index contributed by atoms with van der Waals surface area (Å²) >= 11 is 0. The molecule has 6 heteroatoms. The van der Waals surface area contributed by atoms with Crippen LogP contribution >= 0.6 is 0 Å². The number of sulfone groups is 1. The molecule has 1 unspecified atom stereocenters. The van der Waals surface area contributed by atoms with Crippen molar-refractivity contribution in [2.75, 3.05) is 18.8 Å². The Balaban J connectivity index is 1.49. The first-order valence-corrected chi connectivity index (χ1v) is 11.9. The fourth-order valence-corrected chi connectivity index (χ4v) is 4.97. The lowest BCUT2D eigenvalue weighted by Gasteiger charge is -2.36. The van der Waals surface area contributed by atoms with Crippen LogP contribution in [-0.2, 0) is 21.2 Å². The van der Waals surface area contributed by atoms with Crippen molar-refractivity contribution in [2.24, 2.45) is 0 Å². The molecular weight excluding hydrogens is 384 g/mol. The summed E-state index contributed by atoms with van der Waals surface area (Å²) in [5.41, 5.74) is 2.28. The van der Waals surface area contributed by atoms with E-state index in [1.807, 2.05) is 25.1 Å². The van der Waals surface area contributed by atoms with Crippen molar-refractivity contribution in [3.63, 3.8) is 0 Å². The first-order chi connectivity index (χ1) is 13.9. The van der Waals surface area contributed by atoms with Gasteiger partial charge in [-0.2, -0.15) is 0 Å². The van der Waals surface area contributed by atoms with Crippen molar-refractivity contribution in [2.45, 2.75) is 50.1 Å². The zero-order chi connectivity index (χ0) is 20.7. The van der Waals surface area contributed by atoms with E-state index < -0.39 is 9.84 Å². The van der Waals surface area contributed by atoms with Gasteiger partial charge in [0.15, 0.2) is 9.84 Å². The lowest BCUT2D eigenvalue weighted by atomic mass is 10.0. The highest BCUT2D eigenvalue weighted by Crippen LogP contribution is 2.19. The molecule has 2 aromatic rings. The van der Waals surface area contributed by atoms with Crippen molar-refractivity contribution in [1.82, 2.24) is 10.2 Å². The number of likely N-dealkylation sites (tertiary alicyclic amines) is 1. The molecule has 1 saturated heterocycles. The number of carbonyl (C=O) groups is 1. The molecule has 29 heavy (non-hydrogen) atoms. The molecule has 0 aliphatic carbocycles. The second kappa shape index (κ2) is 10.0. The minimum Gasteiger partial charge on any atom is -0.355 e. The van der Waals surface area contributed by atoms with Gasteiger partial charge in [-0.25, -0.2) is 8.42 Å². The first-order valence-electron chi connectivity index (χ1n) is 10.3. The number of hydrogen-bond acceptors (Lipinski definition) is 4. The highest BCUT2D eigenvalue weighted by molar-refractivity contribution is 7.91. The molecular formula is C23H30N2O3S. The molecule has 1 atom stereocenters. The summed E-state index contributed by atoms with van der Waals surface area (Å²) in [6.07, 6.45) is 3.37. The summed E-state index contributed by atoms with van der Waals surface area (Å²) in [7, 11) is -3.44. The molecule has 3 rings (SSSR count). The summed E-state index contributed by atoms with van der Waals surface area (Å²) in [6.45, 7) is 4.38. The van der Waals surface area contributed by atoms with Crippen LogP contribution in [0.2, 0.25) is 0 Å². The van der Waals surface area contributed by atoms with Gasteiger partial charge in [-0.05, 0) is 44.0 Å². The molecule has 1 aliphatic heterocycles. The van der Waals surface area contributed by atoms with E-state index in [4.69, 9.17) is 0 Å². The molecule has 1 fully saturated rings. The minimum absolute atomic E-state index is 0.0123. The second-order valence-corrected chi connectivity index (χ2v) is 9.90. The van der Waals surface area contributed by atoms with Crippen LogP contribution in [0.3, 0.4) is 0 Å². The third-order valence-corrected chi connectivity index (χ3v) is 7.22. The number of benzene rings is 2. The Kier molecular flexibility index (Phi) is 7.45. The molecule has 1 N–H and O–H groups in total. The van der Waals surface area contributed by atoms with Gasteiger partial charge < -0.3 is 5.32 Å². The number of rotatable bonds is 8. The van der Waals surface area contributed by atoms with Crippen LogP contribution in [0.4, 0.5) is 0 Å². The zero-order valence-electron chi connectivity index (χ0n) is 17.0. The molecule has 0 bridgehead atoms. The van der Waals surface area contributed by atoms with Gasteiger partial charge >= 0.3 is 0 Å². The third kappa shape index (κ3) is 6.41. The van der Waals surface area contributed by atoms with Crippen LogP contribution in [0.15, 0.2) is 59.5 Å². The highest BCUT2D eigenvalue weighted by Gasteiger charge is 2.23. The number of amides is 1. The molecule has 0 saturated carbocycles. The lowest BCUT2D eigenvalue weighted by Crippen LogP contribution is -2.46. The van der Waals surface area contributed by atoms with Gasteiger partial charge in [-0.1, -0.05) is 54.4 Å². The molecule has 1 heterocycles. The van der Waals surface area contributed by atoms with Crippen LogP contribution in [0, 0.1) is 6.92 Å². The van der Waals surface area contributed by atoms with E-state index in [1.54, 1.807) is 24.3 Å². The Morgan fingerprint density at radius 3 is 2.52 bits per heavy atom. The second-order valence-electron chi connectivity index (χ2n) is 7.79. The van der Waals surface area contributed by atoms with E-state index in [-0.39, 0.29) is 23.0 Å². The van der Waals surface area contributed by atoms with Crippen molar-refractivity contribution in [3.8, 4) is 0 Å². The lowest BCUT2D eigenvalue weighted by molar-refractivity contribution is -0.121. The van der Waals surface area contributed by atoms with Gasteiger partial charge in [0.25, 0.3) is 0 Å². The monoisotopic (exact) mass is 414 g/mol. The molecule has 5 nitrogen and oxygen atoms in total. The van der Waals surface area contributed by atoms with E-state index in [0.717, 1.165) is 31.5 Å². The van der Waals surface area contributed by atoms with Crippen molar-refractivity contribution < 1.29 is 13.2 Å². The van der Waals surface area contributed by atoms with E-state index in [0.29, 0.717) is 12.6 Å². The van der Waals surface area contributed by atoms with Gasteiger partial charge in [0.2, 0.25) is 5.91 Å². The third-order valence-electron chi connectivity index (χ3n) is 5.49. The van der Waals surface area contributed by atoms with Crippen LogP contribution in [0.25, 0.3) is 0 Å². The molecule has 2 aromatic carbocycles. The maximum Gasteiger partial charge on any atom is 0.221 e. The fraction of sp³-hybridized carbons (Fsp3) is 0.435. The fourth-order valence-electron chi connectivity index (χ4n) is 3.73. The molecule has 156 valence electrons. The summed E-state index contributed by atoms with van der Waals surface area (Å²) in [5, 5.41) is 2.96. The van der Waals surface area contributed by atoms with Crippen LogP contribution < -0.4 is 5.32 Å². The summed E-state index contributed by atoms with van der Waals surface area (Å²) in [6, 6.07) is 17.4. The molecule has 1 aliphatic rings. The van der Waals surface area contributed by atoms with Crippen LogP contribution in [0.5, 0.6) is 0 Å². The van der Waals surface area contributed by atoms with Gasteiger partial charge in [0.1, 0.15) is 0 Å².